The van der Waals surface area contributed by atoms with Crippen LogP contribution >= 0.6 is 11.6 Å². The second-order valence-electron chi connectivity index (χ2n) is 5.71. The first-order valence-corrected chi connectivity index (χ1v) is 7.64. The van der Waals surface area contributed by atoms with Gasteiger partial charge in [-0.15, -0.1) is 0 Å². The molecular formula is C16H24ClNO. The van der Waals surface area contributed by atoms with Gasteiger partial charge in [0.2, 0.25) is 0 Å². The van der Waals surface area contributed by atoms with Crippen LogP contribution in [0.2, 0.25) is 5.02 Å². The lowest BCUT2D eigenvalue weighted by atomic mass is 10.1. The van der Waals surface area contributed by atoms with E-state index in [9.17, 15) is 0 Å². The largest absolute Gasteiger partial charge is 0.381 e. The van der Waals surface area contributed by atoms with Crippen molar-refractivity contribution in [3.8, 4) is 0 Å². The van der Waals surface area contributed by atoms with Crippen LogP contribution < -0.4 is 5.32 Å². The lowest BCUT2D eigenvalue weighted by Gasteiger charge is -2.14. The first-order valence-electron chi connectivity index (χ1n) is 7.26. The molecule has 0 spiro atoms. The van der Waals surface area contributed by atoms with Gasteiger partial charge in [-0.25, -0.2) is 0 Å². The van der Waals surface area contributed by atoms with Crippen LogP contribution in [0, 0.1) is 5.92 Å². The summed E-state index contributed by atoms with van der Waals surface area (Å²) in [5, 5.41) is 4.47. The van der Waals surface area contributed by atoms with E-state index in [2.05, 4.69) is 31.3 Å². The summed E-state index contributed by atoms with van der Waals surface area (Å²) in [4.78, 5) is 0. The minimum absolute atomic E-state index is 0.498. The van der Waals surface area contributed by atoms with Crippen molar-refractivity contribution in [2.24, 2.45) is 5.92 Å². The topological polar surface area (TPSA) is 21.3 Å². The molecule has 3 heteroatoms. The molecule has 106 valence electrons. The maximum Gasteiger partial charge on any atom is 0.0489 e. The van der Waals surface area contributed by atoms with Crippen LogP contribution in [0.15, 0.2) is 18.2 Å². The van der Waals surface area contributed by atoms with Crippen LogP contribution in [0.4, 0.5) is 0 Å². The number of rotatable bonds is 7. The van der Waals surface area contributed by atoms with E-state index < -0.39 is 0 Å². The Labute approximate surface area is 121 Å². The number of hydrogen-bond donors (Lipinski definition) is 1. The molecule has 1 N–H and O–H groups in total. The molecule has 0 saturated heterocycles. The summed E-state index contributed by atoms with van der Waals surface area (Å²) in [5.41, 5.74) is 2.83. The Kier molecular flexibility index (Phi) is 5.68. The summed E-state index contributed by atoms with van der Waals surface area (Å²) in [6, 6.07) is 6.76. The van der Waals surface area contributed by atoms with Gasteiger partial charge < -0.3 is 10.1 Å². The SMILES string of the molecule is CC(C)COCCCNC1CCc2cc(Cl)ccc21. The van der Waals surface area contributed by atoms with Crippen LogP contribution in [0.5, 0.6) is 0 Å². The molecule has 19 heavy (non-hydrogen) atoms. The van der Waals surface area contributed by atoms with E-state index in [0.717, 1.165) is 37.6 Å². The van der Waals surface area contributed by atoms with Gasteiger partial charge in [-0.1, -0.05) is 31.5 Å². The van der Waals surface area contributed by atoms with Crippen molar-refractivity contribution in [1.29, 1.82) is 0 Å². The van der Waals surface area contributed by atoms with E-state index in [4.69, 9.17) is 16.3 Å². The molecule has 2 rings (SSSR count). The minimum Gasteiger partial charge on any atom is -0.381 e. The fourth-order valence-electron chi connectivity index (χ4n) is 2.57. The third-order valence-corrected chi connectivity index (χ3v) is 3.73. The molecule has 1 unspecified atom stereocenters. The van der Waals surface area contributed by atoms with Gasteiger partial charge in [0.05, 0.1) is 0 Å². The quantitative estimate of drug-likeness (QED) is 0.764. The van der Waals surface area contributed by atoms with E-state index in [0.29, 0.717) is 12.0 Å². The first-order chi connectivity index (χ1) is 9.16. The molecule has 0 aromatic heterocycles. The predicted octanol–water partition coefficient (Wildman–Crippen LogP) is 3.98. The monoisotopic (exact) mass is 281 g/mol. The Hall–Kier alpha value is -0.570. The molecule has 1 aromatic carbocycles. The van der Waals surface area contributed by atoms with E-state index in [1.165, 1.54) is 17.5 Å². The predicted molar refractivity (Wildman–Crippen MR) is 80.8 cm³/mol. The number of benzene rings is 1. The van der Waals surface area contributed by atoms with Crippen molar-refractivity contribution in [1.82, 2.24) is 5.32 Å². The van der Waals surface area contributed by atoms with E-state index >= 15 is 0 Å². The van der Waals surface area contributed by atoms with Crippen molar-refractivity contribution < 1.29 is 4.74 Å². The van der Waals surface area contributed by atoms with Crippen molar-refractivity contribution >= 4 is 11.6 Å². The Morgan fingerprint density at radius 3 is 3.05 bits per heavy atom. The van der Waals surface area contributed by atoms with Crippen LogP contribution in [-0.4, -0.2) is 19.8 Å². The standard InChI is InChI=1S/C16H24ClNO/c1-12(2)11-19-9-3-8-18-16-7-4-13-10-14(17)5-6-15(13)16/h5-6,10,12,16,18H,3-4,7-9,11H2,1-2H3. The Balaban J connectivity index is 1.69. The zero-order valence-corrected chi connectivity index (χ0v) is 12.7. The van der Waals surface area contributed by atoms with Crippen molar-refractivity contribution in [3.05, 3.63) is 34.3 Å². The van der Waals surface area contributed by atoms with Gasteiger partial charge in [0, 0.05) is 24.3 Å². The Morgan fingerprint density at radius 2 is 2.26 bits per heavy atom. The lowest BCUT2D eigenvalue weighted by Crippen LogP contribution is -2.21. The minimum atomic E-state index is 0.498. The molecule has 0 radical (unpaired) electrons. The molecule has 1 aliphatic rings. The summed E-state index contributed by atoms with van der Waals surface area (Å²) < 4.78 is 5.59. The average molecular weight is 282 g/mol. The van der Waals surface area contributed by atoms with Gasteiger partial charge in [0.1, 0.15) is 0 Å². The second kappa shape index (κ2) is 7.28. The number of ether oxygens (including phenoxy) is 1. The van der Waals surface area contributed by atoms with Gasteiger partial charge >= 0.3 is 0 Å². The molecule has 0 bridgehead atoms. The number of halogens is 1. The number of fused-ring (bicyclic) bond motifs is 1. The molecule has 2 nitrogen and oxygen atoms in total. The average Bonchev–Trinajstić information content (AvgIpc) is 2.75. The molecule has 0 fully saturated rings. The highest BCUT2D eigenvalue weighted by molar-refractivity contribution is 6.30. The maximum atomic E-state index is 6.02. The zero-order valence-electron chi connectivity index (χ0n) is 11.9. The fraction of sp³-hybridized carbons (Fsp3) is 0.625. The van der Waals surface area contributed by atoms with Gasteiger partial charge in [0.25, 0.3) is 0 Å². The molecule has 0 saturated carbocycles. The van der Waals surface area contributed by atoms with Gasteiger partial charge in [-0.3, -0.25) is 0 Å². The molecular weight excluding hydrogens is 258 g/mol. The third kappa shape index (κ3) is 4.48. The van der Waals surface area contributed by atoms with Crippen molar-refractivity contribution in [2.75, 3.05) is 19.8 Å². The molecule has 0 aliphatic heterocycles. The summed E-state index contributed by atoms with van der Waals surface area (Å²) in [6.45, 7) is 7.10. The summed E-state index contributed by atoms with van der Waals surface area (Å²) in [5.74, 6) is 0.624. The van der Waals surface area contributed by atoms with Gasteiger partial charge in [-0.2, -0.15) is 0 Å². The lowest BCUT2D eigenvalue weighted by molar-refractivity contribution is 0.107. The smallest absolute Gasteiger partial charge is 0.0489 e. The zero-order chi connectivity index (χ0) is 13.7. The van der Waals surface area contributed by atoms with Gasteiger partial charge in [0.15, 0.2) is 0 Å². The Morgan fingerprint density at radius 1 is 1.42 bits per heavy atom. The molecule has 1 aromatic rings. The summed E-state index contributed by atoms with van der Waals surface area (Å²) >= 11 is 6.02. The fourth-order valence-corrected chi connectivity index (χ4v) is 2.76. The summed E-state index contributed by atoms with van der Waals surface area (Å²) in [6.07, 6.45) is 3.39. The van der Waals surface area contributed by atoms with Crippen LogP contribution in [0.3, 0.4) is 0 Å². The molecule has 0 heterocycles. The van der Waals surface area contributed by atoms with Crippen LogP contribution in [0.25, 0.3) is 0 Å². The van der Waals surface area contributed by atoms with E-state index in [1.54, 1.807) is 0 Å². The normalized spacial score (nSPS) is 18.0. The van der Waals surface area contributed by atoms with Crippen LogP contribution in [-0.2, 0) is 11.2 Å². The second-order valence-corrected chi connectivity index (χ2v) is 6.15. The Bertz CT molecular complexity index is 406. The third-order valence-electron chi connectivity index (χ3n) is 3.49. The van der Waals surface area contributed by atoms with Gasteiger partial charge in [-0.05, 0) is 55.0 Å². The highest BCUT2D eigenvalue weighted by Gasteiger charge is 2.21. The van der Waals surface area contributed by atoms with Crippen LogP contribution in [0.1, 0.15) is 43.9 Å². The highest BCUT2D eigenvalue weighted by Crippen LogP contribution is 2.32. The summed E-state index contributed by atoms with van der Waals surface area (Å²) in [7, 11) is 0. The number of aryl methyl sites for hydroxylation is 1. The van der Waals surface area contributed by atoms with Crippen molar-refractivity contribution in [2.45, 2.75) is 39.2 Å². The molecule has 1 aliphatic carbocycles. The van der Waals surface area contributed by atoms with E-state index in [-0.39, 0.29) is 0 Å². The van der Waals surface area contributed by atoms with Crippen molar-refractivity contribution in [3.63, 3.8) is 0 Å². The number of nitrogens with one attached hydrogen (secondary N) is 1. The highest BCUT2D eigenvalue weighted by atomic mass is 35.5. The first kappa shape index (κ1) is 14.8. The van der Waals surface area contributed by atoms with E-state index in [1.807, 2.05) is 6.07 Å². The maximum absolute atomic E-state index is 6.02. The molecule has 1 atom stereocenters. The number of hydrogen-bond acceptors (Lipinski definition) is 2. The molecule has 0 amide bonds.